The van der Waals surface area contributed by atoms with E-state index in [9.17, 15) is 9.59 Å². The lowest BCUT2D eigenvalue weighted by atomic mass is 9.96. The minimum absolute atomic E-state index is 0.0162. The second-order valence-electron chi connectivity index (χ2n) is 7.09. The third kappa shape index (κ3) is 4.08. The summed E-state index contributed by atoms with van der Waals surface area (Å²) >= 11 is 0. The second kappa shape index (κ2) is 7.74. The molecule has 3 rings (SSSR count). The van der Waals surface area contributed by atoms with Gasteiger partial charge in [0, 0.05) is 20.4 Å². The fraction of sp³-hybridized carbons (Fsp3) is 0.318. The van der Waals surface area contributed by atoms with Crippen molar-refractivity contribution >= 4 is 17.5 Å². The number of likely N-dealkylation sites (N-methyl/N-ethyl adjacent to an activating group) is 1. The predicted molar refractivity (Wildman–Crippen MR) is 106 cm³/mol. The molecule has 5 nitrogen and oxygen atoms in total. The number of nitrogens with zero attached hydrogens (tertiary/aromatic N) is 3. The molecule has 0 aliphatic carbocycles. The highest BCUT2D eigenvalue weighted by atomic mass is 16.2. The highest BCUT2D eigenvalue weighted by molar-refractivity contribution is 6.03. The van der Waals surface area contributed by atoms with E-state index in [-0.39, 0.29) is 24.4 Å². The molecule has 0 aromatic heterocycles. The van der Waals surface area contributed by atoms with E-state index < -0.39 is 0 Å². The van der Waals surface area contributed by atoms with E-state index in [0.29, 0.717) is 6.42 Å². The number of hydrogen-bond donors (Lipinski definition) is 0. The predicted octanol–water partition coefficient (Wildman–Crippen LogP) is 3.46. The quantitative estimate of drug-likeness (QED) is 0.835. The van der Waals surface area contributed by atoms with E-state index in [1.165, 1.54) is 23.0 Å². The van der Waals surface area contributed by atoms with Crippen molar-refractivity contribution in [1.82, 2.24) is 9.91 Å². The number of carbonyl (C=O) groups excluding carboxylic acids is 2. The standard InChI is InChI=1S/C22H25N3O2/c1-15-10-11-19(12-16(15)2)20-13-21(18-8-6-5-7-9-18)25(23-20)22(27)14-24(4)17(3)26/h5-12,21H,13-14H2,1-4H3. The van der Waals surface area contributed by atoms with E-state index >= 15 is 0 Å². The van der Waals surface area contributed by atoms with Gasteiger partial charge in [0.2, 0.25) is 5.91 Å². The van der Waals surface area contributed by atoms with Crippen LogP contribution >= 0.6 is 0 Å². The van der Waals surface area contributed by atoms with Gasteiger partial charge in [0.25, 0.3) is 5.91 Å². The minimum atomic E-state index is -0.180. The first kappa shape index (κ1) is 18.8. The zero-order valence-corrected chi connectivity index (χ0v) is 16.3. The van der Waals surface area contributed by atoms with Crippen LogP contribution in [0, 0.1) is 13.8 Å². The van der Waals surface area contributed by atoms with Crippen molar-refractivity contribution in [2.75, 3.05) is 13.6 Å². The number of hydrazone groups is 1. The van der Waals surface area contributed by atoms with E-state index in [4.69, 9.17) is 0 Å². The summed E-state index contributed by atoms with van der Waals surface area (Å²) in [6.07, 6.45) is 0.655. The lowest BCUT2D eigenvalue weighted by molar-refractivity contribution is -0.139. The van der Waals surface area contributed by atoms with Crippen molar-refractivity contribution in [3.05, 3.63) is 70.8 Å². The van der Waals surface area contributed by atoms with Gasteiger partial charge in [-0.15, -0.1) is 0 Å². The first-order valence-corrected chi connectivity index (χ1v) is 9.10. The topological polar surface area (TPSA) is 53.0 Å². The molecule has 1 aliphatic heterocycles. The van der Waals surface area contributed by atoms with Crippen molar-refractivity contribution in [3.8, 4) is 0 Å². The molecule has 0 bridgehead atoms. The number of hydrogen-bond acceptors (Lipinski definition) is 3. The monoisotopic (exact) mass is 363 g/mol. The molecule has 5 heteroatoms. The average molecular weight is 363 g/mol. The van der Waals surface area contributed by atoms with E-state index in [1.807, 2.05) is 30.3 Å². The minimum Gasteiger partial charge on any atom is -0.337 e. The Hall–Kier alpha value is -2.95. The Morgan fingerprint density at radius 1 is 1.11 bits per heavy atom. The molecular weight excluding hydrogens is 338 g/mol. The fourth-order valence-electron chi connectivity index (χ4n) is 3.16. The third-order valence-corrected chi connectivity index (χ3v) is 5.10. The van der Waals surface area contributed by atoms with E-state index in [0.717, 1.165) is 16.8 Å². The molecule has 0 saturated carbocycles. The summed E-state index contributed by atoms with van der Waals surface area (Å²) in [4.78, 5) is 25.8. The number of carbonyl (C=O) groups is 2. The molecule has 2 amide bonds. The maximum atomic E-state index is 12.9. The Morgan fingerprint density at radius 2 is 1.81 bits per heavy atom. The SMILES string of the molecule is CC(=O)N(C)CC(=O)N1N=C(c2ccc(C)c(C)c2)CC1c1ccccc1. The van der Waals surface area contributed by atoms with Crippen molar-refractivity contribution in [2.45, 2.75) is 33.2 Å². The van der Waals surface area contributed by atoms with Gasteiger partial charge in [0.1, 0.15) is 6.54 Å². The van der Waals surface area contributed by atoms with Crippen LogP contribution < -0.4 is 0 Å². The van der Waals surface area contributed by atoms with Gasteiger partial charge in [-0.2, -0.15) is 5.10 Å². The maximum Gasteiger partial charge on any atom is 0.262 e. The average Bonchev–Trinajstić information content (AvgIpc) is 3.10. The second-order valence-corrected chi connectivity index (χ2v) is 7.09. The van der Waals surface area contributed by atoms with Gasteiger partial charge in [-0.25, -0.2) is 5.01 Å². The van der Waals surface area contributed by atoms with Gasteiger partial charge in [0.05, 0.1) is 11.8 Å². The molecule has 0 fully saturated rings. The molecule has 2 aromatic rings. The van der Waals surface area contributed by atoms with Gasteiger partial charge in [0.15, 0.2) is 0 Å². The van der Waals surface area contributed by atoms with E-state index in [2.05, 4.69) is 37.1 Å². The lowest BCUT2D eigenvalue weighted by Gasteiger charge is -2.24. The Bertz CT molecular complexity index is 890. The van der Waals surface area contributed by atoms with Gasteiger partial charge in [-0.3, -0.25) is 9.59 Å². The van der Waals surface area contributed by atoms with Crippen LogP contribution in [-0.2, 0) is 9.59 Å². The van der Waals surface area contributed by atoms with Crippen LogP contribution in [0.5, 0.6) is 0 Å². The number of benzene rings is 2. The van der Waals surface area contributed by atoms with Crippen molar-refractivity contribution < 1.29 is 9.59 Å². The Balaban J connectivity index is 1.93. The number of rotatable bonds is 4. The van der Waals surface area contributed by atoms with Crippen LogP contribution in [0.15, 0.2) is 53.6 Å². The highest BCUT2D eigenvalue weighted by Gasteiger charge is 2.33. The first-order chi connectivity index (χ1) is 12.9. The summed E-state index contributed by atoms with van der Waals surface area (Å²) in [6, 6.07) is 16.0. The molecule has 1 unspecified atom stereocenters. The summed E-state index contributed by atoms with van der Waals surface area (Å²) in [6.45, 7) is 5.63. The van der Waals surface area contributed by atoms with E-state index in [1.54, 1.807) is 12.1 Å². The summed E-state index contributed by atoms with van der Waals surface area (Å²) < 4.78 is 0. The van der Waals surface area contributed by atoms with Crippen molar-refractivity contribution in [3.63, 3.8) is 0 Å². The molecule has 0 radical (unpaired) electrons. The molecule has 0 spiro atoms. The van der Waals surface area contributed by atoms with Crippen LogP contribution in [0.1, 0.15) is 41.6 Å². The summed E-state index contributed by atoms with van der Waals surface area (Å²) in [5.41, 5.74) is 5.40. The normalized spacial score (nSPS) is 16.2. The Morgan fingerprint density at radius 3 is 2.44 bits per heavy atom. The van der Waals surface area contributed by atoms with Crippen LogP contribution in [0.2, 0.25) is 0 Å². The third-order valence-electron chi connectivity index (χ3n) is 5.10. The molecule has 140 valence electrons. The number of aryl methyl sites for hydroxylation is 2. The molecule has 0 saturated heterocycles. The molecule has 1 heterocycles. The summed E-state index contributed by atoms with van der Waals surface area (Å²) in [5.74, 6) is -0.322. The van der Waals surface area contributed by atoms with Gasteiger partial charge in [-0.05, 0) is 42.2 Å². The Labute approximate surface area is 160 Å². The molecule has 0 N–H and O–H groups in total. The highest BCUT2D eigenvalue weighted by Crippen LogP contribution is 2.33. The zero-order valence-electron chi connectivity index (χ0n) is 16.3. The first-order valence-electron chi connectivity index (χ1n) is 9.10. The molecule has 27 heavy (non-hydrogen) atoms. The molecule has 1 aliphatic rings. The molecule has 1 atom stereocenters. The van der Waals surface area contributed by atoms with Crippen molar-refractivity contribution in [1.29, 1.82) is 0 Å². The maximum absolute atomic E-state index is 12.9. The van der Waals surface area contributed by atoms with Gasteiger partial charge < -0.3 is 4.90 Å². The summed E-state index contributed by atoms with van der Waals surface area (Å²) in [5, 5.41) is 6.20. The Kier molecular flexibility index (Phi) is 5.40. The smallest absolute Gasteiger partial charge is 0.262 e. The van der Waals surface area contributed by atoms with Crippen LogP contribution in [0.4, 0.5) is 0 Å². The summed E-state index contributed by atoms with van der Waals surface area (Å²) in [7, 11) is 1.63. The van der Waals surface area contributed by atoms with Crippen LogP contribution in [0.3, 0.4) is 0 Å². The van der Waals surface area contributed by atoms with Gasteiger partial charge >= 0.3 is 0 Å². The number of amides is 2. The zero-order chi connectivity index (χ0) is 19.6. The lowest BCUT2D eigenvalue weighted by Crippen LogP contribution is -2.38. The molecular formula is C22H25N3O2. The fourth-order valence-corrected chi connectivity index (χ4v) is 3.16. The van der Waals surface area contributed by atoms with Crippen LogP contribution in [-0.4, -0.2) is 41.0 Å². The van der Waals surface area contributed by atoms with Gasteiger partial charge in [-0.1, -0.05) is 42.5 Å². The molecule has 2 aromatic carbocycles. The largest absolute Gasteiger partial charge is 0.337 e. The van der Waals surface area contributed by atoms with Crippen molar-refractivity contribution in [2.24, 2.45) is 5.10 Å². The van der Waals surface area contributed by atoms with Crippen LogP contribution in [0.25, 0.3) is 0 Å².